The van der Waals surface area contributed by atoms with Crippen LogP contribution in [-0.4, -0.2) is 30.5 Å². The van der Waals surface area contributed by atoms with Crippen molar-refractivity contribution in [2.45, 2.75) is 12.0 Å². The Morgan fingerprint density at radius 2 is 2.35 bits per heavy atom. The van der Waals surface area contributed by atoms with Crippen LogP contribution < -0.4 is 10.6 Å². The van der Waals surface area contributed by atoms with E-state index in [4.69, 9.17) is 0 Å². The molecule has 0 spiro atoms. The van der Waals surface area contributed by atoms with Crippen molar-refractivity contribution in [1.29, 1.82) is 0 Å². The lowest BCUT2D eigenvalue weighted by molar-refractivity contribution is 0.525. The number of nitrogens with one attached hydrogen (secondary N) is 2. The van der Waals surface area contributed by atoms with Gasteiger partial charge in [-0.2, -0.15) is 0 Å². The van der Waals surface area contributed by atoms with Crippen LogP contribution in [0.15, 0.2) is 47.7 Å². The zero-order valence-electron chi connectivity index (χ0n) is 10.3. The van der Waals surface area contributed by atoms with Gasteiger partial charge in [0.15, 0.2) is 0 Å². The van der Waals surface area contributed by atoms with Gasteiger partial charge in [-0.05, 0) is 43.0 Å². The highest BCUT2D eigenvalue weighted by atomic mass is 32.2. The molecule has 0 radical (unpaired) electrons. The second-order valence-corrected chi connectivity index (χ2v) is 5.08. The first kappa shape index (κ1) is 12.3. The van der Waals surface area contributed by atoms with Crippen molar-refractivity contribution < 1.29 is 0 Å². The lowest BCUT2D eigenvalue weighted by Gasteiger charge is -2.29. The normalized spacial score (nSPS) is 27.9. The maximum atomic E-state index is 3.38. The van der Waals surface area contributed by atoms with E-state index in [1.165, 1.54) is 5.70 Å². The number of hydrogen-bond acceptors (Lipinski definition) is 4. The van der Waals surface area contributed by atoms with Gasteiger partial charge >= 0.3 is 0 Å². The van der Waals surface area contributed by atoms with Gasteiger partial charge in [0.1, 0.15) is 0 Å². The van der Waals surface area contributed by atoms with Gasteiger partial charge in [0, 0.05) is 25.5 Å². The fourth-order valence-corrected chi connectivity index (χ4v) is 2.49. The fraction of sp³-hybridized carbons (Fsp3) is 0.385. The van der Waals surface area contributed by atoms with Gasteiger partial charge in [-0.15, -0.1) is 0 Å². The van der Waals surface area contributed by atoms with E-state index in [0.29, 0.717) is 0 Å². The molecule has 0 aromatic carbocycles. The maximum Gasteiger partial charge on any atom is 0.0604 e. The molecule has 0 aromatic heterocycles. The summed E-state index contributed by atoms with van der Waals surface area (Å²) >= 11 is 1.73. The van der Waals surface area contributed by atoms with Crippen molar-refractivity contribution in [3.05, 3.63) is 47.7 Å². The second-order valence-electron chi connectivity index (χ2n) is 4.13. The summed E-state index contributed by atoms with van der Waals surface area (Å²) in [6.07, 6.45) is 14.1. The standard InChI is InChI=1S/C13H19N3S/c1-14-12-4-6-13(15-2,7-5-12)8-10-16-9-3-11-17-16/h3-6,8,10-11,14-15H,7,9H2,1-2H3. The van der Waals surface area contributed by atoms with Gasteiger partial charge in [0.25, 0.3) is 0 Å². The minimum Gasteiger partial charge on any atom is -0.388 e. The number of likely N-dealkylation sites (N-methyl/N-ethyl adjacent to an activating group) is 2. The van der Waals surface area contributed by atoms with Crippen LogP contribution in [0, 0.1) is 0 Å². The first-order valence-corrected chi connectivity index (χ1v) is 6.65. The highest BCUT2D eigenvalue weighted by molar-refractivity contribution is 8.00. The molecule has 1 aliphatic carbocycles. The van der Waals surface area contributed by atoms with E-state index in [2.05, 4.69) is 56.9 Å². The number of allylic oxidation sites excluding steroid dienone is 1. The van der Waals surface area contributed by atoms with Gasteiger partial charge in [0.05, 0.1) is 5.54 Å². The van der Waals surface area contributed by atoms with E-state index < -0.39 is 0 Å². The highest BCUT2D eigenvalue weighted by Crippen LogP contribution is 2.24. The van der Waals surface area contributed by atoms with Crippen molar-refractivity contribution in [3.63, 3.8) is 0 Å². The average molecular weight is 249 g/mol. The van der Waals surface area contributed by atoms with E-state index in [9.17, 15) is 0 Å². The molecule has 1 unspecified atom stereocenters. The monoisotopic (exact) mass is 249 g/mol. The highest BCUT2D eigenvalue weighted by Gasteiger charge is 2.23. The first-order chi connectivity index (χ1) is 8.28. The largest absolute Gasteiger partial charge is 0.388 e. The third-order valence-corrected chi connectivity index (χ3v) is 3.95. The van der Waals surface area contributed by atoms with Gasteiger partial charge in [0.2, 0.25) is 0 Å². The van der Waals surface area contributed by atoms with Gasteiger partial charge in [-0.3, -0.25) is 0 Å². The van der Waals surface area contributed by atoms with Crippen LogP contribution >= 0.6 is 11.9 Å². The Morgan fingerprint density at radius 3 is 2.88 bits per heavy atom. The third-order valence-electron chi connectivity index (χ3n) is 3.09. The average Bonchev–Trinajstić information content (AvgIpc) is 2.90. The van der Waals surface area contributed by atoms with Crippen LogP contribution in [0.5, 0.6) is 0 Å². The number of rotatable bonds is 4. The number of nitrogens with zero attached hydrogens (tertiary/aromatic N) is 1. The van der Waals surface area contributed by atoms with Crippen LogP contribution in [-0.2, 0) is 0 Å². The SMILES string of the molecule is CNC1=CCC(C=CN2CC=CS2)(NC)C=C1. The molecule has 0 aromatic rings. The molecule has 4 heteroatoms. The summed E-state index contributed by atoms with van der Waals surface area (Å²) in [5, 5.41) is 8.66. The third kappa shape index (κ3) is 2.96. The first-order valence-electron chi connectivity index (χ1n) is 5.82. The predicted octanol–water partition coefficient (Wildman–Crippen LogP) is 2.00. The molecule has 0 bridgehead atoms. The molecule has 1 atom stereocenters. The Kier molecular flexibility index (Phi) is 3.97. The van der Waals surface area contributed by atoms with Crippen molar-refractivity contribution in [1.82, 2.24) is 14.9 Å². The molecule has 2 aliphatic rings. The molecule has 1 aliphatic heterocycles. The second kappa shape index (κ2) is 5.47. The van der Waals surface area contributed by atoms with Crippen LogP contribution in [0.4, 0.5) is 0 Å². The predicted molar refractivity (Wildman–Crippen MR) is 75.3 cm³/mol. The maximum absolute atomic E-state index is 3.38. The molecular weight excluding hydrogens is 230 g/mol. The molecule has 0 saturated carbocycles. The van der Waals surface area contributed by atoms with E-state index in [-0.39, 0.29) is 5.54 Å². The van der Waals surface area contributed by atoms with Crippen molar-refractivity contribution >= 4 is 11.9 Å². The molecule has 0 fully saturated rings. The minimum atomic E-state index is -0.0521. The molecule has 2 rings (SSSR count). The van der Waals surface area contributed by atoms with Crippen LogP contribution in [0.25, 0.3) is 0 Å². The quantitative estimate of drug-likeness (QED) is 0.745. The minimum absolute atomic E-state index is 0.0521. The molecule has 3 nitrogen and oxygen atoms in total. The Hall–Kier alpha value is -1.13. The van der Waals surface area contributed by atoms with Gasteiger partial charge in [-0.25, -0.2) is 0 Å². The summed E-state index contributed by atoms with van der Waals surface area (Å²) in [7, 11) is 3.95. The Bertz CT molecular complexity index is 376. The summed E-state index contributed by atoms with van der Waals surface area (Å²) in [4.78, 5) is 0. The molecular formula is C13H19N3S. The molecule has 0 saturated heterocycles. The zero-order chi connectivity index (χ0) is 12.1. The molecule has 92 valence electrons. The van der Waals surface area contributed by atoms with Gasteiger partial charge in [-0.1, -0.05) is 18.2 Å². The summed E-state index contributed by atoms with van der Waals surface area (Å²) in [6.45, 7) is 0.988. The van der Waals surface area contributed by atoms with Crippen LogP contribution in [0.2, 0.25) is 0 Å². The van der Waals surface area contributed by atoms with E-state index in [1.54, 1.807) is 11.9 Å². The van der Waals surface area contributed by atoms with Crippen LogP contribution in [0.1, 0.15) is 6.42 Å². The summed E-state index contributed by atoms with van der Waals surface area (Å²) in [5.74, 6) is 0. The summed E-state index contributed by atoms with van der Waals surface area (Å²) < 4.78 is 2.21. The topological polar surface area (TPSA) is 27.3 Å². The molecule has 2 N–H and O–H groups in total. The van der Waals surface area contributed by atoms with E-state index >= 15 is 0 Å². The zero-order valence-corrected chi connectivity index (χ0v) is 11.1. The molecule has 0 amide bonds. The molecule has 17 heavy (non-hydrogen) atoms. The van der Waals surface area contributed by atoms with Crippen molar-refractivity contribution in [3.8, 4) is 0 Å². The molecule has 1 heterocycles. The Balaban J connectivity index is 2.01. The lowest BCUT2D eigenvalue weighted by Crippen LogP contribution is -2.40. The summed E-state index contributed by atoms with van der Waals surface area (Å²) in [5.41, 5.74) is 1.13. The number of hydrogen-bond donors (Lipinski definition) is 2. The van der Waals surface area contributed by atoms with E-state index in [1.807, 2.05) is 14.1 Å². The smallest absolute Gasteiger partial charge is 0.0604 e. The van der Waals surface area contributed by atoms with Crippen molar-refractivity contribution in [2.75, 3.05) is 20.6 Å². The Morgan fingerprint density at radius 1 is 1.47 bits per heavy atom. The van der Waals surface area contributed by atoms with Crippen LogP contribution in [0.3, 0.4) is 0 Å². The van der Waals surface area contributed by atoms with Gasteiger partial charge < -0.3 is 14.9 Å². The lowest BCUT2D eigenvalue weighted by atomic mass is 9.90. The van der Waals surface area contributed by atoms with E-state index in [0.717, 1.165) is 13.0 Å². The fourth-order valence-electron chi connectivity index (χ4n) is 1.85. The summed E-state index contributed by atoms with van der Waals surface area (Å²) in [6, 6.07) is 0. The van der Waals surface area contributed by atoms with Crippen molar-refractivity contribution in [2.24, 2.45) is 0 Å². The Labute approximate surface area is 107 Å².